The Hall–Kier alpha value is -3.19. The van der Waals surface area contributed by atoms with Crippen molar-refractivity contribution in [3.8, 4) is 0 Å². The number of carbonyl (C=O) groups is 2. The first-order valence-electron chi connectivity index (χ1n) is 10.7. The quantitative estimate of drug-likeness (QED) is 0.445. The smallest absolute Gasteiger partial charge is 0.339 e. The minimum absolute atomic E-state index is 0.114. The molecule has 162 valence electrons. The maximum Gasteiger partial charge on any atom is 0.339 e. The van der Waals surface area contributed by atoms with Gasteiger partial charge < -0.3 is 15.2 Å². The number of nitrogens with zero attached hydrogens (tertiary/aromatic N) is 1. The number of urea groups is 1. The molecule has 2 aliphatic rings. The zero-order valence-corrected chi connectivity index (χ0v) is 17.2. The number of nitrogens with one attached hydrogen (secondary N) is 2. The van der Waals surface area contributed by atoms with E-state index >= 15 is 0 Å². The summed E-state index contributed by atoms with van der Waals surface area (Å²) < 4.78 is 6.15. The zero-order valence-electron chi connectivity index (χ0n) is 17.2. The lowest BCUT2D eigenvalue weighted by atomic mass is 9.76. The predicted molar refractivity (Wildman–Crippen MR) is 118 cm³/mol. The Morgan fingerprint density at radius 2 is 1.74 bits per heavy atom. The summed E-state index contributed by atoms with van der Waals surface area (Å²) in [4.78, 5) is 23.1. The van der Waals surface area contributed by atoms with Gasteiger partial charge in [0.1, 0.15) is 0 Å². The number of anilines is 1. The third kappa shape index (κ3) is 5.30. The summed E-state index contributed by atoms with van der Waals surface area (Å²) in [6.45, 7) is 0. The first kappa shape index (κ1) is 21.1. The lowest BCUT2D eigenvalue weighted by molar-refractivity contribution is -0.136. The number of hydrogen-bond acceptors (Lipinski definition) is 4. The lowest BCUT2D eigenvalue weighted by Crippen LogP contribution is -2.32. The molecular weight excluding hydrogens is 394 g/mol. The Balaban J connectivity index is 1.39. The van der Waals surface area contributed by atoms with Gasteiger partial charge in [0.2, 0.25) is 0 Å². The summed E-state index contributed by atoms with van der Waals surface area (Å²) in [7, 11) is 0. The van der Waals surface area contributed by atoms with Gasteiger partial charge in [-0.3, -0.25) is 4.79 Å². The number of carboxylic acids is 1. The van der Waals surface area contributed by atoms with Crippen molar-refractivity contribution in [2.45, 2.75) is 44.3 Å². The summed E-state index contributed by atoms with van der Waals surface area (Å²) in [5, 5.41) is 16.0. The highest BCUT2D eigenvalue weighted by atomic mass is 16.5. The molecule has 0 aliphatic carbocycles. The largest absolute Gasteiger partial charge is 0.481 e. The molecule has 3 N–H and O–H groups in total. The fourth-order valence-corrected chi connectivity index (χ4v) is 4.64. The van der Waals surface area contributed by atoms with Crippen LogP contribution in [-0.4, -0.2) is 35.5 Å². The minimum atomic E-state index is -0.789. The number of fused-ring (bicyclic) bond motifs is 2. The van der Waals surface area contributed by atoms with Crippen molar-refractivity contribution in [2.75, 3.05) is 5.32 Å². The molecule has 2 aromatic carbocycles. The summed E-state index contributed by atoms with van der Waals surface area (Å²) in [5.41, 5.74) is 5.49. The van der Waals surface area contributed by atoms with E-state index in [0.717, 1.165) is 30.4 Å². The molecular formula is C24H27N3O4. The Kier molecular flexibility index (Phi) is 6.62. The molecule has 2 aliphatic heterocycles. The fraction of sp³-hybridized carbons (Fsp3) is 0.375. The summed E-state index contributed by atoms with van der Waals surface area (Å²) in [6.07, 6.45) is 5.56. The standard InChI is InChI=1S/C24H27N3O4/c28-23(29)13-10-16-6-4-5-7-17(16)14-19-20(22-12-11-21(19)31-22)15-25-27-24(30)26-18-8-2-1-3-9-18/h1-9,15,19-22H,10-14H2,(H,28,29)(H2,26,27,30)/b25-15-/t19-,20+,21+,22-/m1/s1. The van der Waals surface area contributed by atoms with Crippen LogP contribution < -0.4 is 10.7 Å². The van der Waals surface area contributed by atoms with Crippen LogP contribution in [0.5, 0.6) is 0 Å². The SMILES string of the molecule is O=C(O)CCc1ccccc1C[C@@H]1[C@H](/C=N\NC(=O)Nc2ccccc2)[C@H]2CC[C@@H]1O2. The summed E-state index contributed by atoms with van der Waals surface area (Å²) in [5.74, 6) is -0.418. The van der Waals surface area contributed by atoms with E-state index in [4.69, 9.17) is 9.84 Å². The lowest BCUT2D eigenvalue weighted by Gasteiger charge is -2.26. The predicted octanol–water partition coefficient (Wildman–Crippen LogP) is 3.85. The fourth-order valence-electron chi connectivity index (χ4n) is 4.64. The van der Waals surface area contributed by atoms with Crippen molar-refractivity contribution in [1.29, 1.82) is 0 Å². The van der Waals surface area contributed by atoms with Gasteiger partial charge >= 0.3 is 12.0 Å². The number of carbonyl (C=O) groups excluding carboxylic acids is 1. The second kappa shape index (κ2) is 9.75. The molecule has 2 aromatic rings. The highest BCUT2D eigenvalue weighted by Crippen LogP contribution is 2.44. The van der Waals surface area contributed by atoms with Gasteiger partial charge in [0, 0.05) is 24.2 Å². The molecule has 2 fully saturated rings. The minimum Gasteiger partial charge on any atom is -0.481 e. The Labute approximate surface area is 181 Å². The van der Waals surface area contributed by atoms with Gasteiger partial charge in [-0.25, -0.2) is 10.2 Å². The second-order valence-electron chi connectivity index (χ2n) is 8.11. The number of ether oxygens (including phenoxy) is 1. The van der Waals surface area contributed by atoms with Crippen LogP contribution in [0.1, 0.15) is 30.4 Å². The molecule has 0 radical (unpaired) electrons. The van der Waals surface area contributed by atoms with Crippen LogP contribution in [0, 0.1) is 11.8 Å². The number of rotatable bonds is 8. The molecule has 0 unspecified atom stereocenters. The van der Waals surface area contributed by atoms with Crippen LogP contribution >= 0.6 is 0 Å². The van der Waals surface area contributed by atoms with Crippen molar-refractivity contribution in [3.05, 3.63) is 65.7 Å². The average Bonchev–Trinajstić information content (AvgIpc) is 3.36. The van der Waals surface area contributed by atoms with Gasteiger partial charge in [0.15, 0.2) is 0 Å². The van der Waals surface area contributed by atoms with Crippen molar-refractivity contribution in [2.24, 2.45) is 16.9 Å². The van der Waals surface area contributed by atoms with E-state index in [-0.39, 0.29) is 36.5 Å². The third-order valence-electron chi connectivity index (χ3n) is 6.11. The van der Waals surface area contributed by atoms with Crippen molar-refractivity contribution in [1.82, 2.24) is 5.43 Å². The normalized spacial score (nSPS) is 24.4. The van der Waals surface area contributed by atoms with Gasteiger partial charge in [-0.05, 0) is 54.9 Å². The maximum atomic E-state index is 12.1. The molecule has 0 spiro atoms. The van der Waals surface area contributed by atoms with Gasteiger partial charge in [-0.1, -0.05) is 42.5 Å². The molecule has 4 atom stereocenters. The molecule has 4 rings (SSSR count). The number of aliphatic carboxylic acids is 1. The van der Waals surface area contributed by atoms with Crippen LogP contribution in [0.15, 0.2) is 59.7 Å². The summed E-state index contributed by atoms with van der Waals surface area (Å²) >= 11 is 0. The van der Waals surface area contributed by atoms with E-state index < -0.39 is 5.97 Å². The number of hydrazone groups is 1. The average molecular weight is 421 g/mol. The van der Waals surface area contributed by atoms with Gasteiger partial charge in [-0.2, -0.15) is 5.10 Å². The van der Waals surface area contributed by atoms with Crippen LogP contribution in [0.3, 0.4) is 0 Å². The topological polar surface area (TPSA) is 100 Å². The van der Waals surface area contributed by atoms with E-state index in [9.17, 15) is 9.59 Å². The maximum absolute atomic E-state index is 12.1. The van der Waals surface area contributed by atoms with E-state index in [2.05, 4.69) is 21.9 Å². The van der Waals surface area contributed by atoms with Crippen molar-refractivity contribution in [3.63, 3.8) is 0 Å². The first-order valence-corrected chi connectivity index (χ1v) is 10.7. The molecule has 2 amide bonds. The van der Waals surface area contributed by atoms with E-state index in [1.165, 1.54) is 0 Å². The second-order valence-corrected chi connectivity index (χ2v) is 8.11. The highest BCUT2D eigenvalue weighted by molar-refractivity contribution is 5.89. The number of para-hydroxylation sites is 1. The molecule has 0 aromatic heterocycles. The number of carboxylic acid groups (broad SMARTS) is 1. The highest BCUT2D eigenvalue weighted by Gasteiger charge is 2.48. The van der Waals surface area contributed by atoms with Crippen molar-refractivity contribution < 1.29 is 19.4 Å². The van der Waals surface area contributed by atoms with Gasteiger partial charge in [0.25, 0.3) is 0 Å². The number of amides is 2. The Morgan fingerprint density at radius 3 is 2.52 bits per heavy atom. The molecule has 2 bridgehead atoms. The van der Waals surface area contributed by atoms with E-state index in [0.29, 0.717) is 12.1 Å². The van der Waals surface area contributed by atoms with Crippen LogP contribution in [0.2, 0.25) is 0 Å². The monoisotopic (exact) mass is 421 g/mol. The first-order chi connectivity index (χ1) is 15.1. The zero-order chi connectivity index (χ0) is 21.6. The van der Waals surface area contributed by atoms with Gasteiger partial charge in [-0.15, -0.1) is 0 Å². The van der Waals surface area contributed by atoms with Crippen LogP contribution in [0.4, 0.5) is 10.5 Å². The van der Waals surface area contributed by atoms with Crippen LogP contribution in [0.25, 0.3) is 0 Å². The molecule has 31 heavy (non-hydrogen) atoms. The van der Waals surface area contributed by atoms with E-state index in [1.54, 1.807) is 6.21 Å². The number of hydrogen-bond donors (Lipinski definition) is 3. The molecule has 2 saturated heterocycles. The Bertz CT molecular complexity index is 947. The molecule has 7 nitrogen and oxygen atoms in total. The number of aryl methyl sites for hydroxylation is 1. The summed E-state index contributed by atoms with van der Waals surface area (Å²) in [6, 6.07) is 16.8. The van der Waals surface area contributed by atoms with Crippen LogP contribution in [-0.2, 0) is 22.4 Å². The number of benzene rings is 2. The molecule has 0 saturated carbocycles. The van der Waals surface area contributed by atoms with Crippen molar-refractivity contribution >= 4 is 23.9 Å². The molecule has 2 heterocycles. The third-order valence-corrected chi connectivity index (χ3v) is 6.11. The molecule has 7 heteroatoms. The van der Waals surface area contributed by atoms with E-state index in [1.807, 2.05) is 48.5 Å². The Morgan fingerprint density at radius 1 is 1.03 bits per heavy atom. The van der Waals surface area contributed by atoms with Gasteiger partial charge in [0.05, 0.1) is 12.2 Å².